The lowest BCUT2D eigenvalue weighted by Crippen LogP contribution is -2.33. The van der Waals surface area contributed by atoms with Gasteiger partial charge < -0.3 is 0 Å². The summed E-state index contributed by atoms with van der Waals surface area (Å²) in [6, 6.07) is 13.7. The third-order valence-electron chi connectivity index (χ3n) is 6.00. The molecule has 0 spiro atoms. The second-order valence-corrected chi connectivity index (χ2v) is 7.45. The number of carbonyl (C=O) groups excluding carboxylic acids is 2. The zero-order valence-corrected chi connectivity index (χ0v) is 14.3. The fourth-order valence-electron chi connectivity index (χ4n) is 5.07. The van der Waals surface area contributed by atoms with Crippen LogP contribution < -0.4 is 4.90 Å². The summed E-state index contributed by atoms with van der Waals surface area (Å²) >= 11 is 0. The van der Waals surface area contributed by atoms with Crippen molar-refractivity contribution in [3.05, 3.63) is 65.8 Å². The molecule has 3 nitrogen and oxygen atoms in total. The number of nitrogens with zero attached hydrogens (tertiary/aromatic N) is 1. The van der Waals surface area contributed by atoms with Crippen LogP contribution in [-0.2, 0) is 9.59 Å². The molecule has 0 N–H and O–H groups in total. The minimum absolute atomic E-state index is 0.0399. The first kappa shape index (κ1) is 14.6. The summed E-state index contributed by atoms with van der Waals surface area (Å²) in [6.45, 7) is 4.17. The van der Waals surface area contributed by atoms with E-state index >= 15 is 0 Å². The molecule has 2 bridgehead atoms. The Morgan fingerprint density at radius 3 is 2.08 bits per heavy atom. The van der Waals surface area contributed by atoms with E-state index in [1.165, 1.54) is 16.0 Å². The molecule has 1 heterocycles. The summed E-state index contributed by atoms with van der Waals surface area (Å²) in [6.07, 6.45) is 4.26. The van der Waals surface area contributed by atoms with E-state index in [-0.39, 0.29) is 35.5 Å². The maximum Gasteiger partial charge on any atom is 0.238 e. The van der Waals surface area contributed by atoms with Crippen LogP contribution in [0.4, 0.5) is 5.69 Å². The molecule has 0 unspecified atom stereocenters. The van der Waals surface area contributed by atoms with Crippen LogP contribution in [0.15, 0.2) is 65.8 Å². The van der Waals surface area contributed by atoms with Gasteiger partial charge >= 0.3 is 0 Å². The quantitative estimate of drug-likeness (QED) is 0.583. The molecule has 5 rings (SSSR count). The van der Waals surface area contributed by atoms with Crippen molar-refractivity contribution in [1.82, 2.24) is 0 Å². The van der Waals surface area contributed by atoms with Crippen molar-refractivity contribution in [1.29, 1.82) is 0 Å². The Balaban J connectivity index is 1.65. The molecular weight excluding hydrogens is 310 g/mol. The first-order chi connectivity index (χ1) is 12.1. The normalized spacial score (nSPS) is 29.8. The Bertz CT molecular complexity index is 957. The van der Waals surface area contributed by atoms with E-state index in [1.807, 2.05) is 42.5 Å². The van der Waals surface area contributed by atoms with Crippen LogP contribution in [0, 0.1) is 23.7 Å². The number of hydrogen-bond acceptors (Lipinski definition) is 2. The van der Waals surface area contributed by atoms with E-state index in [9.17, 15) is 9.59 Å². The molecule has 0 aromatic heterocycles. The monoisotopic (exact) mass is 329 g/mol. The molecular formula is C22H19NO2. The summed E-state index contributed by atoms with van der Waals surface area (Å²) in [4.78, 5) is 27.9. The van der Waals surface area contributed by atoms with Crippen LogP contribution in [0.1, 0.15) is 13.8 Å². The fraction of sp³-hybridized carbons (Fsp3) is 0.273. The molecule has 2 aromatic carbocycles. The van der Waals surface area contributed by atoms with Gasteiger partial charge in [-0.2, -0.15) is 0 Å². The van der Waals surface area contributed by atoms with Gasteiger partial charge in [0.15, 0.2) is 0 Å². The number of hydrogen-bond donors (Lipinski definition) is 0. The van der Waals surface area contributed by atoms with Gasteiger partial charge in [-0.05, 0) is 25.3 Å². The SMILES string of the molecule is CC(C)=C1[C@H]2C=C[C@@H]1[C@H]1C(=O)N(c3cccc4ccccc34)C(=O)[C@@H]12. The van der Waals surface area contributed by atoms with Crippen molar-refractivity contribution < 1.29 is 9.59 Å². The number of benzene rings is 2. The minimum atomic E-state index is -0.230. The maximum absolute atomic E-state index is 13.2. The lowest BCUT2D eigenvalue weighted by atomic mass is 9.85. The Morgan fingerprint density at radius 1 is 0.840 bits per heavy atom. The molecule has 2 aromatic rings. The number of rotatable bonds is 1. The average Bonchev–Trinajstić information content (AvgIpc) is 3.25. The topological polar surface area (TPSA) is 37.4 Å². The van der Waals surface area contributed by atoms with Gasteiger partial charge in [-0.25, -0.2) is 4.90 Å². The van der Waals surface area contributed by atoms with Gasteiger partial charge in [0.25, 0.3) is 0 Å². The van der Waals surface area contributed by atoms with Crippen molar-refractivity contribution in [2.75, 3.05) is 4.90 Å². The number of imide groups is 1. The molecule has 3 aliphatic rings. The summed E-state index contributed by atoms with van der Waals surface area (Å²) < 4.78 is 0. The van der Waals surface area contributed by atoms with Crippen molar-refractivity contribution >= 4 is 28.3 Å². The smallest absolute Gasteiger partial charge is 0.238 e. The molecule has 0 radical (unpaired) electrons. The third-order valence-corrected chi connectivity index (χ3v) is 6.00. The predicted octanol–water partition coefficient (Wildman–Crippen LogP) is 4.10. The third kappa shape index (κ3) is 1.76. The lowest BCUT2D eigenvalue weighted by molar-refractivity contribution is -0.122. The van der Waals surface area contributed by atoms with E-state index in [1.54, 1.807) is 0 Å². The Morgan fingerprint density at radius 2 is 1.44 bits per heavy atom. The van der Waals surface area contributed by atoms with Crippen molar-refractivity contribution in [2.45, 2.75) is 13.8 Å². The second kappa shape index (κ2) is 4.92. The Hall–Kier alpha value is -2.68. The van der Waals surface area contributed by atoms with Crippen molar-refractivity contribution in [3.8, 4) is 0 Å². The summed E-state index contributed by atoms with van der Waals surface area (Å²) in [5, 5.41) is 2.00. The number of allylic oxidation sites excluding steroid dienone is 4. The number of amides is 2. The van der Waals surface area contributed by atoms with E-state index in [4.69, 9.17) is 0 Å². The summed E-state index contributed by atoms with van der Waals surface area (Å²) in [5.74, 6) is -0.352. The van der Waals surface area contributed by atoms with Crippen molar-refractivity contribution in [3.63, 3.8) is 0 Å². The molecule has 2 fully saturated rings. The zero-order chi connectivity index (χ0) is 17.3. The first-order valence-corrected chi connectivity index (χ1v) is 8.81. The number of carbonyl (C=O) groups is 2. The van der Waals surface area contributed by atoms with Gasteiger partial charge in [-0.3, -0.25) is 9.59 Å². The van der Waals surface area contributed by atoms with Crippen LogP contribution in [0.25, 0.3) is 10.8 Å². The summed E-state index contributed by atoms with van der Waals surface area (Å²) in [7, 11) is 0. The van der Waals surface area contributed by atoms with E-state index in [0.717, 1.165) is 16.5 Å². The molecule has 1 aliphatic heterocycles. The fourth-order valence-corrected chi connectivity index (χ4v) is 5.07. The molecule has 25 heavy (non-hydrogen) atoms. The highest BCUT2D eigenvalue weighted by atomic mass is 16.2. The Kier molecular flexibility index (Phi) is 2.88. The molecule has 1 saturated carbocycles. The minimum Gasteiger partial charge on any atom is -0.274 e. The predicted molar refractivity (Wildman–Crippen MR) is 97.9 cm³/mol. The highest BCUT2D eigenvalue weighted by Crippen LogP contribution is 2.57. The maximum atomic E-state index is 13.2. The van der Waals surface area contributed by atoms with Gasteiger partial charge in [0.05, 0.1) is 17.5 Å². The highest BCUT2D eigenvalue weighted by molar-refractivity contribution is 6.25. The van der Waals surface area contributed by atoms with E-state index in [2.05, 4.69) is 26.0 Å². The molecule has 1 saturated heterocycles. The summed E-state index contributed by atoms with van der Waals surface area (Å²) in [5.41, 5.74) is 3.25. The first-order valence-electron chi connectivity index (χ1n) is 8.81. The largest absolute Gasteiger partial charge is 0.274 e. The molecule has 4 atom stereocenters. The Labute approximate surface area is 146 Å². The van der Waals surface area contributed by atoms with Gasteiger partial charge in [-0.15, -0.1) is 0 Å². The van der Waals surface area contributed by atoms with Crippen LogP contribution in [0.3, 0.4) is 0 Å². The number of fused-ring (bicyclic) bond motifs is 6. The van der Waals surface area contributed by atoms with Crippen LogP contribution in [-0.4, -0.2) is 11.8 Å². The van der Waals surface area contributed by atoms with E-state index in [0.29, 0.717) is 0 Å². The van der Waals surface area contributed by atoms with Gasteiger partial charge in [0.1, 0.15) is 0 Å². The standard InChI is InChI=1S/C22H19NO2/c1-12(2)18-15-10-11-16(18)20-19(15)21(24)23(22(20)25)17-9-5-7-13-6-3-4-8-14(13)17/h3-11,15-16,19-20H,1-2H3/t15-,16+,19-,20-/m1/s1. The molecule has 2 amide bonds. The zero-order valence-electron chi connectivity index (χ0n) is 14.3. The lowest BCUT2D eigenvalue weighted by Gasteiger charge is -2.20. The van der Waals surface area contributed by atoms with Gasteiger partial charge in [0.2, 0.25) is 11.8 Å². The van der Waals surface area contributed by atoms with Crippen LogP contribution in [0.2, 0.25) is 0 Å². The number of anilines is 1. The van der Waals surface area contributed by atoms with Crippen LogP contribution >= 0.6 is 0 Å². The molecule has 3 heteroatoms. The highest BCUT2D eigenvalue weighted by Gasteiger charge is 2.62. The van der Waals surface area contributed by atoms with Gasteiger partial charge in [0, 0.05) is 17.2 Å². The van der Waals surface area contributed by atoms with Crippen LogP contribution in [0.5, 0.6) is 0 Å². The van der Waals surface area contributed by atoms with Crippen molar-refractivity contribution in [2.24, 2.45) is 23.7 Å². The molecule has 124 valence electrons. The van der Waals surface area contributed by atoms with E-state index < -0.39 is 0 Å². The molecule has 2 aliphatic carbocycles. The van der Waals surface area contributed by atoms with Gasteiger partial charge in [-0.1, -0.05) is 59.7 Å². The second-order valence-electron chi connectivity index (χ2n) is 7.45. The average molecular weight is 329 g/mol.